The van der Waals surface area contributed by atoms with Crippen molar-refractivity contribution in [3.05, 3.63) is 12.2 Å². The first-order chi connectivity index (χ1) is 43.8. The minimum atomic E-state index is -1.97. The molecule has 0 radical (unpaired) electrons. The molecule has 3 aliphatic rings. The molecule has 532 valence electrons. The number of hydrogen-bond donors (Lipinski definition) is 12. The van der Waals surface area contributed by atoms with Crippen molar-refractivity contribution in [1.82, 2.24) is 5.32 Å². The zero-order valence-electron chi connectivity index (χ0n) is 56.4. The van der Waals surface area contributed by atoms with Crippen molar-refractivity contribution in [3.63, 3.8) is 0 Å². The number of nitrogens with one attached hydrogen (secondary N) is 1. The van der Waals surface area contributed by atoms with E-state index < -0.39 is 124 Å². The molecular weight excluding hydrogens is 1150 g/mol. The molecule has 19 heteroatoms. The van der Waals surface area contributed by atoms with Crippen molar-refractivity contribution in [3.8, 4) is 0 Å². The highest BCUT2D eigenvalue weighted by Gasteiger charge is 2.53. The van der Waals surface area contributed by atoms with Crippen LogP contribution in [0.4, 0.5) is 0 Å². The van der Waals surface area contributed by atoms with Gasteiger partial charge in [0.15, 0.2) is 18.9 Å². The predicted molar refractivity (Wildman–Crippen MR) is 351 cm³/mol. The van der Waals surface area contributed by atoms with Crippen LogP contribution in [0.3, 0.4) is 0 Å². The van der Waals surface area contributed by atoms with Gasteiger partial charge in [-0.3, -0.25) is 4.79 Å². The van der Waals surface area contributed by atoms with Crippen molar-refractivity contribution < 1.29 is 89.4 Å². The molecule has 0 aromatic carbocycles. The van der Waals surface area contributed by atoms with E-state index in [1.54, 1.807) is 0 Å². The first-order valence-electron chi connectivity index (χ1n) is 36.9. The first-order valence-corrected chi connectivity index (χ1v) is 36.9. The Morgan fingerprint density at radius 1 is 0.389 bits per heavy atom. The summed E-state index contributed by atoms with van der Waals surface area (Å²) in [6.45, 7) is 1.78. The Labute approximate surface area is 544 Å². The van der Waals surface area contributed by atoms with Crippen LogP contribution in [0.15, 0.2) is 12.2 Å². The van der Waals surface area contributed by atoms with Crippen molar-refractivity contribution in [2.45, 2.75) is 407 Å². The third-order valence-electron chi connectivity index (χ3n) is 18.8. The second kappa shape index (κ2) is 53.6. The van der Waals surface area contributed by atoms with Gasteiger partial charge in [0, 0.05) is 6.42 Å². The van der Waals surface area contributed by atoms with Gasteiger partial charge in [-0.05, 0) is 38.5 Å². The monoisotopic (exact) mass is 1290 g/mol. The largest absolute Gasteiger partial charge is 0.394 e. The van der Waals surface area contributed by atoms with Crippen LogP contribution in [0.2, 0.25) is 0 Å². The third-order valence-corrected chi connectivity index (χ3v) is 18.8. The van der Waals surface area contributed by atoms with Crippen molar-refractivity contribution in [1.29, 1.82) is 0 Å². The first kappa shape index (κ1) is 82.8. The van der Waals surface area contributed by atoms with E-state index in [0.717, 1.165) is 44.9 Å². The van der Waals surface area contributed by atoms with Crippen molar-refractivity contribution >= 4 is 5.91 Å². The molecule has 1 amide bonds. The number of aliphatic hydroxyl groups excluding tert-OH is 11. The van der Waals surface area contributed by atoms with Gasteiger partial charge >= 0.3 is 0 Å². The average Bonchev–Trinajstić information content (AvgIpc) is 0.847. The summed E-state index contributed by atoms with van der Waals surface area (Å²) in [4.78, 5) is 13.4. The molecule has 12 N–H and O–H groups in total. The van der Waals surface area contributed by atoms with E-state index in [1.807, 2.05) is 0 Å². The second-order valence-electron chi connectivity index (χ2n) is 26.8. The fourth-order valence-corrected chi connectivity index (χ4v) is 12.8. The van der Waals surface area contributed by atoms with Crippen LogP contribution in [0.1, 0.15) is 303 Å². The Morgan fingerprint density at radius 3 is 1.08 bits per heavy atom. The van der Waals surface area contributed by atoms with Crippen LogP contribution < -0.4 is 5.32 Å². The van der Waals surface area contributed by atoms with Crippen LogP contribution >= 0.6 is 0 Å². The number of ether oxygens (including phenoxy) is 6. The Bertz CT molecular complexity index is 1680. The van der Waals surface area contributed by atoms with Crippen molar-refractivity contribution in [2.24, 2.45) is 0 Å². The van der Waals surface area contributed by atoms with Gasteiger partial charge in [0.25, 0.3) is 0 Å². The maximum absolute atomic E-state index is 13.4. The van der Waals surface area contributed by atoms with Gasteiger partial charge in [-0.1, -0.05) is 270 Å². The summed E-state index contributed by atoms with van der Waals surface area (Å²) in [6, 6.07) is -0.880. The van der Waals surface area contributed by atoms with Gasteiger partial charge in [-0.2, -0.15) is 0 Å². The molecule has 3 saturated heterocycles. The van der Waals surface area contributed by atoms with Crippen LogP contribution in [0.5, 0.6) is 0 Å². The molecule has 90 heavy (non-hydrogen) atoms. The standard InChI is InChI=1S/C71H135NO18/c1-3-5-7-9-11-13-14-15-16-17-18-19-20-21-22-23-24-25-26-27-28-29-30-31-32-33-34-35-36-37-38-39-40-41-43-45-47-49-59(77)72-54(55(76)48-46-44-42-12-10-8-6-4-2)53-85-69-65(83)62(80)67(57(51-74)87-69)90-71-66(84)63(81)68(58(52-75)88-71)89-70-64(82)61(79)60(78)56(50-73)86-70/h17-18,54-58,60-71,73-76,78-84H,3-16,19-53H2,1-2H3,(H,72,77)/b18-17-. The summed E-state index contributed by atoms with van der Waals surface area (Å²) in [7, 11) is 0. The Balaban J connectivity index is 1.25. The lowest BCUT2D eigenvalue weighted by Crippen LogP contribution is -2.66. The SMILES string of the molecule is CCCCCCCCCC/C=C\CCCCCCCCCCCCCCCCCCCCCCCCCCCC(=O)NC(COC1OC(CO)C(OC2OC(CO)C(OC3OC(CO)C(O)C(O)C3O)C(O)C2O)C(O)C1O)C(O)CCCCCCCCCC. The Morgan fingerprint density at radius 2 is 0.700 bits per heavy atom. The zero-order valence-corrected chi connectivity index (χ0v) is 56.4. The highest BCUT2D eigenvalue weighted by Crippen LogP contribution is 2.33. The summed E-state index contributed by atoms with van der Waals surface area (Å²) in [5.41, 5.74) is 0. The molecule has 0 aromatic heterocycles. The van der Waals surface area contributed by atoms with Gasteiger partial charge in [0.2, 0.25) is 5.91 Å². The summed E-state index contributed by atoms with van der Waals surface area (Å²) in [5, 5.41) is 120. The lowest BCUT2D eigenvalue weighted by molar-refractivity contribution is -0.379. The summed E-state index contributed by atoms with van der Waals surface area (Å²) in [5.74, 6) is -0.240. The van der Waals surface area contributed by atoms with E-state index in [9.17, 15) is 61.0 Å². The van der Waals surface area contributed by atoms with E-state index in [-0.39, 0.29) is 18.9 Å². The minimum absolute atomic E-state index is 0.240. The van der Waals surface area contributed by atoms with Crippen LogP contribution in [-0.4, -0.2) is 193 Å². The highest BCUT2D eigenvalue weighted by molar-refractivity contribution is 5.76. The molecule has 3 aliphatic heterocycles. The van der Waals surface area contributed by atoms with Crippen LogP contribution in [0.25, 0.3) is 0 Å². The maximum atomic E-state index is 13.4. The molecule has 3 heterocycles. The summed E-state index contributed by atoms with van der Waals surface area (Å²) >= 11 is 0. The molecule has 0 aliphatic carbocycles. The second-order valence-corrected chi connectivity index (χ2v) is 26.8. The fraction of sp³-hybridized carbons (Fsp3) is 0.958. The molecule has 3 fully saturated rings. The molecule has 0 saturated carbocycles. The number of carbonyl (C=O) groups is 1. The quantitative estimate of drug-likeness (QED) is 0.0199. The van der Waals surface area contributed by atoms with E-state index in [0.29, 0.717) is 12.8 Å². The van der Waals surface area contributed by atoms with Crippen LogP contribution in [-0.2, 0) is 33.2 Å². The molecule has 17 unspecified atom stereocenters. The van der Waals surface area contributed by atoms with E-state index >= 15 is 0 Å². The van der Waals surface area contributed by atoms with E-state index in [4.69, 9.17) is 28.4 Å². The van der Waals surface area contributed by atoms with Crippen LogP contribution in [0, 0.1) is 0 Å². The number of allylic oxidation sites excluding steroid dienone is 2. The summed E-state index contributed by atoms with van der Waals surface area (Å²) < 4.78 is 34.3. The van der Waals surface area contributed by atoms with Gasteiger partial charge in [-0.15, -0.1) is 0 Å². The number of amides is 1. The minimum Gasteiger partial charge on any atom is -0.394 e. The molecule has 0 bridgehead atoms. The zero-order chi connectivity index (χ0) is 65.4. The average molecular weight is 1290 g/mol. The topological polar surface area (TPSA) is 307 Å². The number of rotatable bonds is 58. The smallest absolute Gasteiger partial charge is 0.220 e. The molecular formula is C71H135NO18. The van der Waals surface area contributed by atoms with Gasteiger partial charge < -0.3 is 89.9 Å². The Kier molecular flexibility index (Phi) is 49.3. The van der Waals surface area contributed by atoms with E-state index in [1.165, 1.54) is 225 Å². The normalized spacial score (nSPS) is 28.0. The highest BCUT2D eigenvalue weighted by atomic mass is 16.8. The molecule has 0 spiro atoms. The molecule has 19 nitrogen and oxygen atoms in total. The lowest BCUT2D eigenvalue weighted by Gasteiger charge is -2.48. The molecule has 3 rings (SSSR count). The summed E-state index contributed by atoms with van der Waals surface area (Å²) in [6.07, 6.45) is 33.8. The predicted octanol–water partition coefficient (Wildman–Crippen LogP) is 10.4. The van der Waals surface area contributed by atoms with Crippen molar-refractivity contribution in [2.75, 3.05) is 26.4 Å². The molecule has 17 atom stereocenters. The maximum Gasteiger partial charge on any atom is 0.220 e. The number of hydrogen-bond acceptors (Lipinski definition) is 18. The number of aliphatic hydroxyl groups is 11. The van der Waals surface area contributed by atoms with Gasteiger partial charge in [0.1, 0.15) is 73.2 Å². The number of carbonyl (C=O) groups excluding carboxylic acids is 1. The van der Waals surface area contributed by atoms with Gasteiger partial charge in [0.05, 0.1) is 38.6 Å². The number of unbranched alkanes of at least 4 members (excludes halogenated alkanes) is 40. The molecule has 0 aromatic rings. The fourth-order valence-electron chi connectivity index (χ4n) is 12.8. The lowest BCUT2D eigenvalue weighted by atomic mass is 9.96. The van der Waals surface area contributed by atoms with Gasteiger partial charge in [-0.25, -0.2) is 0 Å². The Hall–Kier alpha value is -1.47. The third kappa shape index (κ3) is 35.0. The van der Waals surface area contributed by atoms with E-state index in [2.05, 4.69) is 31.3 Å².